The second kappa shape index (κ2) is 7.26. The Morgan fingerprint density at radius 3 is 2.72 bits per heavy atom. The minimum Gasteiger partial charge on any atom is -0.325 e. The van der Waals surface area contributed by atoms with E-state index in [0.29, 0.717) is 29.6 Å². The van der Waals surface area contributed by atoms with Gasteiger partial charge < -0.3 is 5.32 Å². The highest BCUT2D eigenvalue weighted by molar-refractivity contribution is 5.61. The van der Waals surface area contributed by atoms with Crippen LogP contribution in [-0.4, -0.2) is 45.6 Å². The van der Waals surface area contributed by atoms with Crippen LogP contribution in [0, 0.1) is 6.92 Å². The van der Waals surface area contributed by atoms with Crippen molar-refractivity contribution in [3.05, 3.63) is 53.6 Å². The largest absolute Gasteiger partial charge is 0.416 e. The zero-order valence-electron chi connectivity index (χ0n) is 14.9. The van der Waals surface area contributed by atoms with Gasteiger partial charge in [-0.2, -0.15) is 13.2 Å². The van der Waals surface area contributed by atoms with Gasteiger partial charge in [-0.1, -0.05) is 5.21 Å². The third-order valence-electron chi connectivity index (χ3n) is 3.82. The topological polar surface area (TPSA) is 123 Å². The summed E-state index contributed by atoms with van der Waals surface area (Å²) in [6.07, 6.45) is -1.70. The summed E-state index contributed by atoms with van der Waals surface area (Å²) in [6, 6.07) is 5.30. The molecule has 148 valence electrons. The number of aryl methyl sites for hydroxylation is 1. The number of halogens is 3. The minimum atomic E-state index is -4.46. The van der Waals surface area contributed by atoms with Crippen molar-refractivity contribution < 1.29 is 13.2 Å². The number of rotatable bonds is 5. The van der Waals surface area contributed by atoms with Crippen molar-refractivity contribution in [2.45, 2.75) is 19.6 Å². The SMILES string of the molecule is Cc1cc(Nc2cc(C(F)(F)F)ccn2)nc(-c2cn(Cc3nnn[nH]3)nn2)c1. The maximum absolute atomic E-state index is 12.9. The summed E-state index contributed by atoms with van der Waals surface area (Å²) in [5, 5.41) is 24.3. The fraction of sp³-hybridized carbons (Fsp3) is 0.188. The van der Waals surface area contributed by atoms with Crippen LogP contribution >= 0.6 is 0 Å². The van der Waals surface area contributed by atoms with E-state index < -0.39 is 11.7 Å². The van der Waals surface area contributed by atoms with Crippen molar-refractivity contribution >= 4 is 11.6 Å². The molecule has 0 aliphatic heterocycles. The average Bonchev–Trinajstić information content (AvgIpc) is 3.33. The number of aromatic amines is 1. The predicted octanol–water partition coefficient (Wildman–Crippen LogP) is 2.37. The van der Waals surface area contributed by atoms with Crippen LogP contribution in [-0.2, 0) is 12.7 Å². The van der Waals surface area contributed by atoms with E-state index in [2.05, 4.69) is 46.2 Å². The van der Waals surface area contributed by atoms with Crippen LogP contribution in [0.25, 0.3) is 11.4 Å². The lowest BCUT2D eigenvalue weighted by atomic mass is 10.2. The molecule has 0 saturated carbocycles. The van der Waals surface area contributed by atoms with E-state index in [1.807, 2.05) is 6.92 Å². The molecule has 0 aliphatic carbocycles. The molecule has 0 fully saturated rings. The number of tetrazole rings is 1. The van der Waals surface area contributed by atoms with Gasteiger partial charge in [0.1, 0.15) is 23.9 Å². The molecule has 4 aromatic heterocycles. The van der Waals surface area contributed by atoms with Crippen LogP contribution in [0.2, 0.25) is 0 Å². The molecule has 0 radical (unpaired) electrons. The smallest absolute Gasteiger partial charge is 0.325 e. The lowest BCUT2D eigenvalue weighted by Crippen LogP contribution is -2.06. The molecule has 0 saturated heterocycles. The second-order valence-corrected chi connectivity index (χ2v) is 6.12. The second-order valence-electron chi connectivity index (χ2n) is 6.12. The van der Waals surface area contributed by atoms with Gasteiger partial charge in [0.05, 0.1) is 17.5 Å². The van der Waals surface area contributed by atoms with Crippen LogP contribution < -0.4 is 5.32 Å². The fourth-order valence-electron chi connectivity index (χ4n) is 2.56. The highest BCUT2D eigenvalue weighted by Gasteiger charge is 2.30. The summed E-state index contributed by atoms with van der Waals surface area (Å²) in [6.45, 7) is 2.13. The Hall–Kier alpha value is -3.90. The molecule has 0 aromatic carbocycles. The Balaban J connectivity index is 1.58. The van der Waals surface area contributed by atoms with Crippen LogP contribution in [0.5, 0.6) is 0 Å². The van der Waals surface area contributed by atoms with Crippen molar-refractivity contribution in [3.8, 4) is 11.4 Å². The monoisotopic (exact) mass is 402 g/mol. The normalized spacial score (nSPS) is 11.6. The predicted molar refractivity (Wildman–Crippen MR) is 93.8 cm³/mol. The molecular formula is C16H13F3N10. The molecule has 4 aromatic rings. The number of pyridine rings is 2. The highest BCUT2D eigenvalue weighted by Crippen LogP contribution is 2.30. The van der Waals surface area contributed by atoms with E-state index in [4.69, 9.17) is 0 Å². The van der Waals surface area contributed by atoms with E-state index in [-0.39, 0.29) is 5.82 Å². The third-order valence-corrected chi connectivity index (χ3v) is 3.82. The number of alkyl halides is 3. The first-order valence-electron chi connectivity index (χ1n) is 8.29. The van der Waals surface area contributed by atoms with Gasteiger partial charge in [-0.15, -0.1) is 10.2 Å². The molecule has 4 rings (SSSR count). The number of aromatic nitrogens is 9. The van der Waals surface area contributed by atoms with Gasteiger partial charge in [0.2, 0.25) is 0 Å². The summed E-state index contributed by atoms with van der Waals surface area (Å²) in [5.74, 6) is 0.878. The molecule has 0 spiro atoms. The summed E-state index contributed by atoms with van der Waals surface area (Å²) in [5.41, 5.74) is 1.02. The van der Waals surface area contributed by atoms with Crippen molar-refractivity contribution in [2.24, 2.45) is 0 Å². The number of H-pyrrole nitrogens is 1. The van der Waals surface area contributed by atoms with Crippen LogP contribution in [0.3, 0.4) is 0 Å². The van der Waals surface area contributed by atoms with Gasteiger partial charge in [-0.3, -0.25) is 0 Å². The van der Waals surface area contributed by atoms with E-state index >= 15 is 0 Å². The van der Waals surface area contributed by atoms with Crippen LogP contribution in [0.15, 0.2) is 36.7 Å². The first-order chi connectivity index (χ1) is 13.9. The molecule has 2 N–H and O–H groups in total. The third kappa shape index (κ3) is 4.34. The van der Waals surface area contributed by atoms with Gasteiger partial charge in [-0.25, -0.2) is 19.7 Å². The maximum Gasteiger partial charge on any atom is 0.416 e. The van der Waals surface area contributed by atoms with E-state index in [9.17, 15) is 13.2 Å². The molecule has 4 heterocycles. The maximum atomic E-state index is 12.9. The Morgan fingerprint density at radius 1 is 1.10 bits per heavy atom. The van der Waals surface area contributed by atoms with Crippen molar-refractivity contribution in [1.82, 2.24) is 45.6 Å². The standard InChI is InChI=1S/C16H13F3N10/c1-9-4-11(12-7-29(28-23-12)8-15-24-26-27-25-15)21-14(5-9)22-13-6-10(2-3-20-13)16(17,18)19/h2-7H,8H2,1H3,(H,20,21,22)(H,24,25,26,27). The molecule has 0 atom stereocenters. The first-order valence-corrected chi connectivity index (χ1v) is 8.29. The summed E-state index contributed by atoms with van der Waals surface area (Å²) >= 11 is 0. The minimum absolute atomic E-state index is 0.0327. The lowest BCUT2D eigenvalue weighted by molar-refractivity contribution is -0.137. The summed E-state index contributed by atoms with van der Waals surface area (Å²) in [7, 11) is 0. The fourth-order valence-corrected chi connectivity index (χ4v) is 2.56. The van der Waals surface area contributed by atoms with Crippen LogP contribution in [0.4, 0.5) is 24.8 Å². The van der Waals surface area contributed by atoms with Crippen molar-refractivity contribution in [3.63, 3.8) is 0 Å². The number of nitrogens with zero attached hydrogens (tertiary/aromatic N) is 8. The molecule has 0 aliphatic rings. The zero-order chi connectivity index (χ0) is 20.4. The van der Waals surface area contributed by atoms with E-state index in [0.717, 1.165) is 23.9 Å². The quantitative estimate of drug-likeness (QED) is 0.522. The molecule has 29 heavy (non-hydrogen) atoms. The van der Waals surface area contributed by atoms with Gasteiger partial charge in [0.15, 0.2) is 5.82 Å². The highest BCUT2D eigenvalue weighted by atomic mass is 19.4. The first kappa shape index (κ1) is 18.5. The van der Waals surface area contributed by atoms with Gasteiger partial charge >= 0.3 is 6.18 Å². The van der Waals surface area contributed by atoms with E-state index in [1.165, 1.54) is 4.68 Å². The van der Waals surface area contributed by atoms with Crippen molar-refractivity contribution in [2.75, 3.05) is 5.32 Å². The van der Waals surface area contributed by atoms with Crippen LogP contribution in [0.1, 0.15) is 17.0 Å². The number of anilines is 2. The number of hydrogen-bond acceptors (Lipinski definition) is 8. The van der Waals surface area contributed by atoms with Gasteiger partial charge in [0.25, 0.3) is 0 Å². The molecule has 10 nitrogen and oxygen atoms in total. The van der Waals surface area contributed by atoms with Gasteiger partial charge in [-0.05, 0) is 47.2 Å². The molecule has 13 heteroatoms. The van der Waals surface area contributed by atoms with Crippen molar-refractivity contribution in [1.29, 1.82) is 0 Å². The summed E-state index contributed by atoms with van der Waals surface area (Å²) < 4.78 is 40.2. The molecule has 0 amide bonds. The molecular weight excluding hydrogens is 389 g/mol. The average molecular weight is 402 g/mol. The Labute approximate surface area is 161 Å². The Morgan fingerprint density at radius 2 is 1.97 bits per heavy atom. The van der Waals surface area contributed by atoms with E-state index in [1.54, 1.807) is 18.3 Å². The number of hydrogen-bond donors (Lipinski definition) is 2. The molecule has 0 unspecified atom stereocenters. The van der Waals surface area contributed by atoms with Gasteiger partial charge in [0, 0.05) is 6.20 Å². The molecule has 0 bridgehead atoms. The lowest BCUT2D eigenvalue weighted by Gasteiger charge is -2.10. The summed E-state index contributed by atoms with van der Waals surface area (Å²) in [4.78, 5) is 8.33. The number of nitrogens with one attached hydrogen (secondary N) is 2. The zero-order valence-corrected chi connectivity index (χ0v) is 14.9. The Bertz CT molecular complexity index is 1120. The Kier molecular flexibility index (Phi) is 4.62.